The van der Waals surface area contributed by atoms with E-state index in [4.69, 9.17) is 9.47 Å². The van der Waals surface area contributed by atoms with E-state index < -0.39 is 6.17 Å². The molecule has 2 amide bonds. The molecule has 0 saturated heterocycles. The van der Waals surface area contributed by atoms with E-state index in [0.717, 1.165) is 0 Å². The molecule has 2 N–H and O–H groups in total. The molecular weight excluding hydrogens is 382 g/mol. The maximum Gasteiger partial charge on any atom is 0.276 e. The fourth-order valence-electron chi connectivity index (χ4n) is 3.39. The molecular formula is C23H21N3O4. The Bertz CT molecular complexity index is 1080. The Labute approximate surface area is 174 Å². The van der Waals surface area contributed by atoms with Gasteiger partial charge in [-0.1, -0.05) is 30.3 Å². The number of para-hydroxylation sites is 1. The molecule has 1 atom stereocenters. The molecule has 0 saturated carbocycles. The summed E-state index contributed by atoms with van der Waals surface area (Å²) in [5.41, 5.74) is 5.02. The number of amides is 2. The number of benzene rings is 3. The van der Waals surface area contributed by atoms with Gasteiger partial charge in [-0.15, -0.1) is 0 Å². The van der Waals surface area contributed by atoms with Crippen LogP contribution in [-0.4, -0.2) is 31.0 Å². The van der Waals surface area contributed by atoms with E-state index in [9.17, 15) is 9.59 Å². The van der Waals surface area contributed by atoms with Crippen molar-refractivity contribution in [2.24, 2.45) is 0 Å². The number of carbonyl (C=O) groups excluding carboxylic acids is 2. The van der Waals surface area contributed by atoms with Gasteiger partial charge in [0.2, 0.25) is 0 Å². The van der Waals surface area contributed by atoms with Gasteiger partial charge in [-0.2, -0.15) is 0 Å². The van der Waals surface area contributed by atoms with Crippen molar-refractivity contribution in [3.05, 3.63) is 89.5 Å². The van der Waals surface area contributed by atoms with Crippen LogP contribution in [0.3, 0.4) is 0 Å². The average Bonchev–Trinajstić information content (AvgIpc) is 2.80. The number of hydrazine groups is 1. The molecule has 152 valence electrons. The molecule has 0 radical (unpaired) electrons. The number of nitrogens with one attached hydrogen (secondary N) is 2. The third kappa shape index (κ3) is 3.53. The number of nitrogens with zero attached hydrogens (tertiary/aromatic N) is 1. The maximum absolute atomic E-state index is 13.3. The predicted molar refractivity (Wildman–Crippen MR) is 112 cm³/mol. The zero-order valence-electron chi connectivity index (χ0n) is 16.6. The number of hydrogen-bond acceptors (Lipinski definition) is 5. The van der Waals surface area contributed by atoms with Crippen LogP contribution in [-0.2, 0) is 0 Å². The van der Waals surface area contributed by atoms with Crippen LogP contribution in [0.1, 0.15) is 32.4 Å². The van der Waals surface area contributed by atoms with Gasteiger partial charge >= 0.3 is 0 Å². The highest BCUT2D eigenvalue weighted by Gasteiger charge is 2.36. The monoisotopic (exact) mass is 403 g/mol. The molecule has 0 spiro atoms. The Balaban J connectivity index is 1.76. The molecule has 3 aromatic carbocycles. The topological polar surface area (TPSA) is 79.9 Å². The summed E-state index contributed by atoms with van der Waals surface area (Å²) >= 11 is 0. The van der Waals surface area contributed by atoms with Gasteiger partial charge in [0, 0.05) is 22.9 Å². The minimum Gasteiger partial charge on any atom is -0.497 e. The second-order valence-corrected chi connectivity index (χ2v) is 6.68. The van der Waals surface area contributed by atoms with Crippen LogP contribution in [0.5, 0.6) is 11.5 Å². The highest BCUT2D eigenvalue weighted by atomic mass is 16.5. The van der Waals surface area contributed by atoms with Crippen molar-refractivity contribution in [1.29, 1.82) is 0 Å². The summed E-state index contributed by atoms with van der Waals surface area (Å²) in [5, 5.41) is 4.63. The van der Waals surface area contributed by atoms with Crippen LogP contribution in [0, 0.1) is 0 Å². The zero-order valence-corrected chi connectivity index (χ0v) is 16.6. The summed E-state index contributed by atoms with van der Waals surface area (Å²) in [4.78, 5) is 26.1. The first kappa shape index (κ1) is 19.3. The molecule has 0 fully saturated rings. The molecule has 0 aromatic heterocycles. The molecule has 1 aliphatic heterocycles. The second kappa shape index (κ2) is 8.16. The molecule has 0 bridgehead atoms. The molecule has 1 aliphatic rings. The SMILES string of the molecule is COc1ccc([C@H]2Nc3ccccc3C(=O)N2NC(=O)c2ccccc2)c(OC)c1. The standard InChI is InChI=1S/C23H21N3O4/c1-29-16-12-13-18(20(14-16)30-2)21-24-19-11-7-6-10-17(19)23(28)26(21)25-22(27)15-8-4-3-5-9-15/h3-14,21,24H,1-2H3,(H,25,27)/t21-/m0/s1. The highest BCUT2D eigenvalue weighted by molar-refractivity contribution is 6.04. The van der Waals surface area contributed by atoms with Crippen LogP contribution in [0.2, 0.25) is 0 Å². The Kier molecular flexibility index (Phi) is 5.26. The summed E-state index contributed by atoms with van der Waals surface area (Å²) < 4.78 is 10.8. The average molecular weight is 403 g/mol. The first-order chi connectivity index (χ1) is 14.6. The molecule has 7 heteroatoms. The number of fused-ring (bicyclic) bond motifs is 1. The van der Waals surface area contributed by atoms with Crippen LogP contribution < -0.4 is 20.2 Å². The van der Waals surface area contributed by atoms with Gasteiger partial charge in [0.1, 0.15) is 11.5 Å². The van der Waals surface area contributed by atoms with E-state index in [1.807, 2.05) is 18.2 Å². The fraction of sp³-hybridized carbons (Fsp3) is 0.130. The number of carbonyl (C=O) groups is 2. The van der Waals surface area contributed by atoms with E-state index >= 15 is 0 Å². The third-order valence-corrected chi connectivity index (χ3v) is 4.92. The van der Waals surface area contributed by atoms with Crippen molar-refractivity contribution in [2.45, 2.75) is 6.17 Å². The van der Waals surface area contributed by atoms with Crippen molar-refractivity contribution in [3.8, 4) is 11.5 Å². The lowest BCUT2D eigenvalue weighted by Crippen LogP contribution is -2.52. The highest BCUT2D eigenvalue weighted by Crippen LogP contribution is 2.37. The smallest absolute Gasteiger partial charge is 0.276 e. The lowest BCUT2D eigenvalue weighted by molar-refractivity contribution is 0.0488. The predicted octanol–water partition coefficient (Wildman–Crippen LogP) is 3.62. The van der Waals surface area contributed by atoms with E-state index in [-0.39, 0.29) is 11.8 Å². The van der Waals surface area contributed by atoms with Crippen molar-refractivity contribution < 1.29 is 19.1 Å². The van der Waals surface area contributed by atoms with Gasteiger partial charge in [0.05, 0.1) is 19.8 Å². The minimum absolute atomic E-state index is 0.323. The fourth-order valence-corrected chi connectivity index (χ4v) is 3.39. The number of ether oxygens (including phenoxy) is 2. The zero-order chi connectivity index (χ0) is 21.1. The first-order valence-corrected chi connectivity index (χ1v) is 9.39. The quantitative estimate of drug-likeness (QED) is 0.680. The van der Waals surface area contributed by atoms with Gasteiger partial charge in [-0.3, -0.25) is 15.0 Å². The Hall–Kier alpha value is -4.00. The van der Waals surface area contributed by atoms with Crippen molar-refractivity contribution in [1.82, 2.24) is 10.4 Å². The lowest BCUT2D eigenvalue weighted by Gasteiger charge is -2.38. The number of anilines is 1. The molecule has 7 nitrogen and oxygen atoms in total. The first-order valence-electron chi connectivity index (χ1n) is 9.39. The van der Waals surface area contributed by atoms with Crippen LogP contribution in [0.4, 0.5) is 5.69 Å². The molecule has 30 heavy (non-hydrogen) atoms. The Morgan fingerprint density at radius 1 is 0.967 bits per heavy atom. The van der Waals surface area contributed by atoms with Crippen molar-refractivity contribution >= 4 is 17.5 Å². The summed E-state index contributed by atoms with van der Waals surface area (Å²) in [6, 6.07) is 21.2. The van der Waals surface area contributed by atoms with E-state index in [2.05, 4.69) is 10.7 Å². The molecule has 4 rings (SSSR count). The number of rotatable bonds is 5. The summed E-state index contributed by atoms with van der Waals surface area (Å²) in [6.45, 7) is 0. The minimum atomic E-state index is -0.680. The molecule has 3 aromatic rings. The maximum atomic E-state index is 13.3. The number of hydrogen-bond donors (Lipinski definition) is 2. The van der Waals surface area contributed by atoms with Gasteiger partial charge in [-0.25, -0.2) is 5.01 Å². The van der Waals surface area contributed by atoms with Gasteiger partial charge in [0.15, 0.2) is 6.17 Å². The normalized spacial score (nSPS) is 15.1. The Morgan fingerprint density at radius 3 is 2.43 bits per heavy atom. The van der Waals surface area contributed by atoms with Crippen molar-refractivity contribution in [2.75, 3.05) is 19.5 Å². The van der Waals surface area contributed by atoms with Gasteiger partial charge in [0.25, 0.3) is 11.8 Å². The largest absolute Gasteiger partial charge is 0.497 e. The van der Waals surface area contributed by atoms with Crippen LogP contribution >= 0.6 is 0 Å². The van der Waals surface area contributed by atoms with Gasteiger partial charge in [-0.05, 0) is 36.4 Å². The molecule has 0 unspecified atom stereocenters. The lowest BCUT2D eigenvalue weighted by atomic mass is 10.0. The summed E-state index contributed by atoms with van der Waals surface area (Å²) in [7, 11) is 3.11. The van der Waals surface area contributed by atoms with Gasteiger partial charge < -0.3 is 14.8 Å². The Morgan fingerprint density at radius 2 is 1.70 bits per heavy atom. The van der Waals surface area contributed by atoms with Crippen LogP contribution in [0.25, 0.3) is 0 Å². The van der Waals surface area contributed by atoms with E-state index in [1.165, 1.54) is 5.01 Å². The van der Waals surface area contributed by atoms with Crippen molar-refractivity contribution in [3.63, 3.8) is 0 Å². The second-order valence-electron chi connectivity index (χ2n) is 6.68. The number of methoxy groups -OCH3 is 2. The third-order valence-electron chi connectivity index (χ3n) is 4.92. The summed E-state index contributed by atoms with van der Waals surface area (Å²) in [6.07, 6.45) is -0.680. The molecule has 1 heterocycles. The van der Waals surface area contributed by atoms with Crippen LogP contribution in [0.15, 0.2) is 72.8 Å². The molecule has 0 aliphatic carbocycles. The van der Waals surface area contributed by atoms with E-state index in [1.54, 1.807) is 68.8 Å². The van der Waals surface area contributed by atoms with E-state index in [0.29, 0.717) is 33.9 Å². The summed E-state index contributed by atoms with van der Waals surface area (Å²) in [5.74, 6) is 0.440.